The van der Waals surface area contributed by atoms with Gasteiger partial charge in [-0.2, -0.15) is 0 Å². The maximum atomic E-state index is 5.95. The van der Waals surface area contributed by atoms with Crippen LogP contribution in [-0.4, -0.2) is 29.0 Å². The summed E-state index contributed by atoms with van der Waals surface area (Å²) in [7, 11) is 3.78. The minimum Gasteiger partial charge on any atom is -0.496 e. The lowest BCUT2D eigenvalue weighted by Gasteiger charge is -2.23. The Labute approximate surface area is 165 Å². The van der Waals surface area contributed by atoms with Crippen molar-refractivity contribution in [2.45, 2.75) is 47.2 Å². The van der Waals surface area contributed by atoms with Crippen LogP contribution in [0, 0.1) is 27.7 Å². The molecule has 27 heavy (non-hydrogen) atoms. The van der Waals surface area contributed by atoms with Crippen molar-refractivity contribution in [3.05, 3.63) is 50.8 Å². The number of aryl methyl sites for hydroxylation is 4. The summed E-state index contributed by atoms with van der Waals surface area (Å²) in [6, 6.07) is 6.19. The summed E-state index contributed by atoms with van der Waals surface area (Å²) in [4.78, 5) is 13.0. The van der Waals surface area contributed by atoms with Gasteiger partial charge in [-0.3, -0.25) is 4.90 Å². The Bertz CT molecular complexity index is 945. The summed E-state index contributed by atoms with van der Waals surface area (Å²) in [5.41, 5.74) is 4.13. The van der Waals surface area contributed by atoms with Gasteiger partial charge in [0.15, 0.2) is 0 Å². The van der Waals surface area contributed by atoms with Gasteiger partial charge in [-0.1, -0.05) is 0 Å². The van der Waals surface area contributed by atoms with E-state index in [0.717, 1.165) is 39.0 Å². The second kappa shape index (κ2) is 7.82. The lowest BCUT2D eigenvalue weighted by molar-refractivity contribution is 0.245. The maximum absolute atomic E-state index is 5.95. The molecule has 0 fully saturated rings. The van der Waals surface area contributed by atoms with Crippen LogP contribution in [0.2, 0.25) is 0 Å². The molecule has 0 unspecified atom stereocenters. The summed E-state index contributed by atoms with van der Waals surface area (Å²) in [6.45, 7) is 11.1. The van der Waals surface area contributed by atoms with Crippen LogP contribution in [0.15, 0.2) is 22.6 Å². The van der Waals surface area contributed by atoms with Crippen molar-refractivity contribution in [1.29, 1.82) is 0 Å². The molecule has 0 spiro atoms. The second-order valence-corrected chi connectivity index (χ2v) is 8.38. The highest BCUT2D eigenvalue weighted by molar-refractivity contribution is 7.11. The first-order chi connectivity index (χ1) is 12.8. The SMILES string of the molecule is COc1ccc(-c2nc(CN(C)[C@H](C)c3nc(C)sc3C)c(C)o2)cc1C. The molecule has 0 radical (unpaired) electrons. The second-order valence-electron chi connectivity index (χ2n) is 6.97. The highest BCUT2D eigenvalue weighted by Gasteiger charge is 2.20. The van der Waals surface area contributed by atoms with E-state index in [4.69, 9.17) is 19.1 Å². The molecule has 0 aliphatic heterocycles. The Morgan fingerprint density at radius 2 is 1.93 bits per heavy atom. The number of rotatable bonds is 6. The number of methoxy groups -OCH3 is 1. The van der Waals surface area contributed by atoms with Gasteiger partial charge in [-0.05, 0) is 65.4 Å². The van der Waals surface area contributed by atoms with Crippen LogP contribution in [0.25, 0.3) is 11.5 Å². The summed E-state index contributed by atoms with van der Waals surface area (Å²) in [5.74, 6) is 2.36. The lowest BCUT2D eigenvalue weighted by atomic mass is 10.1. The first-order valence-electron chi connectivity index (χ1n) is 9.05. The molecule has 0 saturated heterocycles. The Balaban J connectivity index is 1.80. The molecule has 0 N–H and O–H groups in total. The monoisotopic (exact) mass is 385 g/mol. The third-order valence-electron chi connectivity index (χ3n) is 4.93. The standard InChI is InChI=1S/C21H27N3O2S/c1-12-10-17(8-9-19(12)25-7)21-23-18(14(3)26-21)11-24(6)13(2)20-15(4)27-16(5)22-20/h8-10,13H,11H2,1-7H3/t13-/m1/s1. The first-order valence-corrected chi connectivity index (χ1v) is 9.87. The van der Waals surface area contributed by atoms with E-state index in [1.54, 1.807) is 18.4 Å². The number of oxazole rings is 1. The normalized spacial score (nSPS) is 12.6. The van der Waals surface area contributed by atoms with E-state index >= 15 is 0 Å². The largest absolute Gasteiger partial charge is 0.496 e. The van der Waals surface area contributed by atoms with E-state index in [1.165, 1.54) is 4.88 Å². The van der Waals surface area contributed by atoms with Crippen molar-refractivity contribution < 1.29 is 9.15 Å². The van der Waals surface area contributed by atoms with Crippen molar-refractivity contribution in [3.8, 4) is 17.2 Å². The number of nitrogens with zero attached hydrogens (tertiary/aromatic N) is 3. The predicted molar refractivity (Wildman–Crippen MR) is 109 cm³/mol. The number of thiazole rings is 1. The van der Waals surface area contributed by atoms with Crippen LogP contribution in [0.1, 0.15) is 45.6 Å². The molecule has 6 heteroatoms. The number of aromatic nitrogens is 2. The third-order valence-corrected chi connectivity index (χ3v) is 5.83. The summed E-state index contributed by atoms with van der Waals surface area (Å²) in [5, 5.41) is 1.11. The van der Waals surface area contributed by atoms with E-state index in [0.29, 0.717) is 12.4 Å². The quantitative estimate of drug-likeness (QED) is 0.581. The fourth-order valence-electron chi connectivity index (χ4n) is 3.22. The van der Waals surface area contributed by atoms with Gasteiger partial charge in [0, 0.05) is 17.0 Å². The molecule has 2 heterocycles. The molecule has 144 valence electrons. The maximum Gasteiger partial charge on any atom is 0.226 e. The molecule has 0 aliphatic carbocycles. The van der Waals surface area contributed by atoms with Gasteiger partial charge in [-0.25, -0.2) is 9.97 Å². The van der Waals surface area contributed by atoms with Crippen LogP contribution in [0.3, 0.4) is 0 Å². The highest BCUT2D eigenvalue weighted by Crippen LogP contribution is 2.30. The molecule has 5 nitrogen and oxygen atoms in total. The molecule has 3 rings (SSSR count). The van der Waals surface area contributed by atoms with Gasteiger partial charge in [0.2, 0.25) is 5.89 Å². The summed E-state index contributed by atoms with van der Waals surface area (Å²) in [6.07, 6.45) is 0. The van der Waals surface area contributed by atoms with E-state index < -0.39 is 0 Å². The summed E-state index contributed by atoms with van der Waals surface area (Å²) >= 11 is 1.75. The Morgan fingerprint density at radius 1 is 1.19 bits per heavy atom. The van der Waals surface area contributed by atoms with Gasteiger partial charge in [0.05, 0.1) is 29.5 Å². The Morgan fingerprint density at radius 3 is 2.52 bits per heavy atom. The fraction of sp³-hybridized carbons (Fsp3) is 0.429. The molecule has 1 aromatic carbocycles. The van der Waals surface area contributed by atoms with Crippen molar-refractivity contribution in [1.82, 2.24) is 14.9 Å². The zero-order valence-corrected chi connectivity index (χ0v) is 17.9. The Hall–Kier alpha value is -2.18. The minimum atomic E-state index is 0.220. The predicted octanol–water partition coefficient (Wildman–Crippen LogP) is 5.23. The lowest BCUT2D eigenvalue weighted by Crippen LogP contribution is -2.23. The van der Waals surface area contributed by atoms with Crippen molar-refractivity contribution >= 4 is 11.3 Å². The number of ether oxygens (including phenoxy) is 1. The molecule has 2 aromatic heterocycles. The van der Waals surface area contributed by atoms with E-state index in [9.17, 15) is 0 Å². The van der Waals surface area contributed by atoms with Crippen LogP contribution in [0.5, 0.6) is 5.75 Å². The molecule has 3 aromatic rings. The van der Waals surface area contributed by atoms with Crippen molar-refractivity contribution in [2.75, 3.05) is 14.2 Å². The van der Waals surface area contributed by atoms with E-state index in [-0.39, 0.29) is 6.04 Å². The minimum absolute atomic E-state index is 0.220. The summed E-state index contributed by atoms with van der Waals surface area (Å²) < 4.78 is 11.3. The molecular formula is C21H27N3O2S. The molecule has 0 aliphatic rings. The zero-order valence-electron chi connectivity index (χ0n) is 17.1. The van der Waals surface area contributed by atoms with Gasteiger partial charge in [-0.15, -0.1) is 11.3 Å². The van der Waals surface area contributed by atoms with E-state index in [1.807, 2.05) is 32.0 Å². The van der Waals surface area contributed by atoms with Crippen molar-refractivity contribution in [2.24, 2.45) is 0 Å². The molecular weight excluding hydrogens is 358 g/mol. The average molecular weight is 386 g/mol. The van der Waals surface area contributed by atoms with Gasteiger partial charge in [0.1, 0.15) is 11.5 Å². The zero-order chi connectivity index (χ0) is 19.7. The van der Waals surface area contributed by atoms with Gasteiger partial charge >= 0.3 is 0 Å². The van der Waals surface area contributed by atoms with E-state index in [2.05, 4.69) is 32.7 Å². The third kappa shape index (κ3) is 4.06. The van der Waals surface area contributed by atoms with Crippen LogP contribution >= 0.6 is 11.3 Å². The van der Waals surface area contributed by atoms with Crippen molar-refractivity contribution in [3.63, 3.8) is 0 Å². The van der Waals surface area contributed by atoms with Crippen LogP contribution < -0.4 is 4.74 Å². The average Bonchev–Trinajstić information content (AvgIpc) is 3.16. The van der Waals surface area contributed by atoms with Crippen LogP contribution in [0.4, 0.5) is 0 Å². The van der Waals surface area contributed by atoms with Gasteiger partial charge in [0.25, 0.3) is 0 Å². The topological polar surface area (TPSA) is 51.4 Å². The highest BCUT2D eigenvalue weighted by atomic mass is 32.1. The van der Waals surface area contributed by atoms with Crippen LogP contribution in [-0.2, 0) is 6.54 Å². The molecule has 0 bridgehead atoms. The molecule has 0 amide bonds. The first kappa shape index (κ1) is 19.6. The van der Waals surface area contributed by atoms with Gasteiger partial charge < -0.3 is 9.15 Å². The number of benzene rings is 1. The number of hydrogen-bond acceptors (Lipinski definition) is 6. The molecule has 0 saturated carbocycles. The fourth-order valence-corrected chi connectivity index (χ4v) is 4.13. The molecule has 1 atom stereocenters. The Kier molecular flexibility index (Phi) is 5.67. The number of hydrogen-bond donors (Lipinski definition) is 0. The smallest absolute Gasteiger partial charge is 0.226 e.